The first-order valence-corrected chi connectivity index (χ1v) is 4.78. The standard InChI is InChI=1S/C11H17N/c1-8-4-5-12-7-10(8)11(3)6-9(11)2/h4-5,7-9,12H,6H2,1-3H3/t8?,9?,11-/m1/s1. The molecule has 2 aliphatic rings. The highest BCUT2D eigenvalue weighted by Gasteiger charge is 2.50. The Morgan fingerprint density at radius 3 is 2.67 bits per heavy atom. The summed E-state index contributed by atoms with van der Waals surface area (Å²) in [5.74, 6) is 1.50. The molecule has 1 aliphatic heterocycles. The van der Waals surface area contributed by atoms with Crippen molar-refractivity contribution < 1.29 is 0 Å². The molecule has 66 valence electrons. The molecule has 1 heterocycles. The van der Waals surface area contributed by atoms with Crippen LogP contribution in [-0.4, -0.2) is 0 Å². The molecule has 12 heavy (non-hydrogen) atoms. The van der Waals surface area contributed by atoms with Crippen LogP contribution in [0.2, 0.25) is 0 Å². The van der Waals surface area contributed by atoms with E-state index in [4.69, 9.17) is 0 Å². The van der Waals surface area contributed by atoms with Gasteiger partial charge in [-0.3, -0.25) is 0 Å². The van der Waals surface area contributed by atoms with Gasteiger partial charge in [0.15, 0.2) is 0 Å². The molecule has 2 rings (SSSR count). The summed E-state index contributed by atoms with van der Waals surface area (Å²) in [5, 5.41) is 3.19. The average Bonchev–Trinajstić information content (AvgIpc) is 2.61. The second-order valence-corrected chi connectivity index (χ2v) is 4.44. The van der Waals surface area contributed by atoms with Crippen molar-refractivity contribution in [1.82, 2.24) is 5.32 Å². The summed E-state index contributed by atoms with van der Waals surface area (Å²) in [4.78, 5) is 0. The van der Waals surface area contributed by atoms with E-state index in [9.17, 15) is 0 Å². The normalized spacial score (nSPS) is 45.1. The van der Waals surface area contributed by atoms with E-state index >= 15 is 0 Å². The van der Waals surface area contributed by atoms with Crippen LogP contribution in [0.4, 0.5) is 0 Å². The fourth-order valence-electron chi connectivity index (χ4n) is 2.24. The van der Waals surface area contributed by atoms with Gasteiger partial charge in [-0.05, 0) is 35.4 Å². The first-order valence-electron chi connectivity index (χ1n) is 4.78. The Balaban J connectivity index is 2.19. The highest BCUT2D eigenvalue weighted by molar-refractivity contribution is 5.29. The molecule has 0 amide bonds. The lowest BCUT2D eigenvalue weighted by molar-refractivity contribution is 0.548. The Hall–Kier alpha value is -0.720. The van der Waals surface area contributed by atoms with Crippen LogP contribution in [0.3, 0.4) is 0 Å². The van der Waals surface area contributed by atoms with Gasteiger partial charge in [0, 0.05) is 6.20 Å². The monoisotopic (exact) mass is 163 g/mol. The van der Waals surface area contributed by atoms with Crippen LogP contribution >= 0.6 is 0 Å². The molecule has 0 radical (unpaired) electrons. The molecule has 1 saturated carbocycles. The fraction of sp³-hybridized carbons (Fsp3) is 0.636. The molecule has 0 aromatic carbocycles. The van der Waals surface area contributed by atoms with E-state index in [2.05, 4.69) is 38.4 Å². The summed E-state index contributed by atoms with van der Waals surface area (Å²) in [5.41, 5.74) is 2.08. The van der Waals surface area contributed by atoms with E-state index < -0.39 is 0 Å². The Kier molecular flexibility index (Phi) is 1.57. The number of hydrogen-bond donors (Lipinski definition) is 1. The lowest BCUT2D eigenvalue weighted by atomic mass is 9.85. The Morgan fingerprint density at radius 2 is 2.17 bits per heavy atom. The first-order chi connectivity index (χ1) is 5.64. The van der Waals surface area contributed by atoms with Crippen molar-refractivity contribution >= 4 is 0 Å². The fourth-order valence-corrected chi connectivity index (χ4v) is 2.24. The van der Waals surface area contributed by atoms with Gasteiger partial charge in [-0.2, -0.15) is 0 Å². The summed E-state index contributed by atoms with van der Waals surface area (Å²) in [6.07, 6.45) is 7.82. The van der Waals surface area contributed by atoms with Crippen LogP contribution in [-0.2, 0) is 0 Å². The summed E-state index contributed by atoms with van der Waals surface area (Å²) in [6, 6.07) is 0. The van der Waals surface area contributed by atoms with Gasteiger partial charge < -0.3 is 5.32 Å². The van der Waals surface area contributed by atoms with Gasteiger partial charge in [0.1, 0.15) is 0 Å². The van der Waals surface area contributed by atoms with Crippen LogP contribution < -0.4 is 5.32 Å². The van der Waals surface area contributed by atoms with Crippen molar-refractivity contribution in [3.05, 3.63) is 24.0 Å². The third kappa shape index (κ3) is 0.996. The van der Waals surface area contributed by atoms with Crippen LogP contribution in [0.5, 0.6) is 0 Å². The maximum absolute atomic E-state index is 3.19. The van der Waals surface area contributed by atoms with Crippen molar-refractivity contribution in [2.75, 3.05) is 0 Å². The van der Waals surface area contributed by atoms with E-state index in [1.165, 1.54) is 6.42 Å². The zero-order valence-electron chi connectivity index (χ0n) is 8.09. The third-order valence-electron chi connectivity index (χ3n) is 3.53. The van der Waals surface area contributed by atoms with Crippen LogP contribution in [0.25, 0.3) is 0 Å². The molecule has 1 heteroatoms. The lowest BCUT2D eigenvalue weighted by Gasteiger charge is -2.23. The zero-order valence-corrected chi connectivity index (χ0v) is 8.09. The van der Waals surface area contributed by atoms with Crippen molar-refractivity contribution in [2.45, 2.75) is 27.2 Å². The number of hydrogen-bond acceptors (Lipinski definition) is 1. The van der Waals surface area contributed by atoms with Crippen LogP contribution in [0, 0.1) is 17.3 Å². The highest BCUT2D eigenvalue weighted by Crippen LogP contribution is 2.59. The Morgan fingerprint density at radius 1 is 1.50 bits per heavy atom. The number of rotatable bonds is 1. The summed E-state index contributed by atoms with van der Waals surface area (Å²) >= 11 is 0. The van der Waals surface area contributed by atoms with Crippen LogP contribution in [0.15, 0.2) is 24.0 Å². The van der Waals surface area contributed by atoms with Crippen molar-refractivity contribution in [3.8, 4) is 0 Å². The van der Waals surface area contributed by atoms with Gasteiger partial charge in [-0.15, -0.1) is 0 Å². The molecule has 1 nitrogen and oxygen atoms in total. The molecule has 0 aromatic rings. The molecule has 1 aliphatic carbocycles. The second kappa shape index (κ2) is 2.38. The van der Waals surface area contributed by atoms with Gasteiger partial charge in [0.25, 0.3) is 0 Å². The van der Waals surface area contributed by atoms with E-state index in [0.717, 1.165) is 5.92 Å². The van der Waals surface area contributed by atoms with Gasteiger partial charge in [-0.1, -0.05) is 26.8 Å². The molecule has 1 N–H and O–H groups in total. The number of allylic oxidation sites excluding steroid dienone is 2. The minimum absolute atomic E-state index is 0.497. The Bertz CT molecular complexity index is 252. The zero-order chi connectivity index (χ0) is 8.77. The van der Waals surface area contributed by atoms with E-state index in [-0.39, 0.29) is 0 Å². The first kappa shape index (κ1) is 7.90. The molecule has 0 spiro atoms. The molecule has 0 aromatic heterocycles. The van der Waals surface area contributed by atoms with Gasteiger partial charge in [0.05, 0.1) is 0 Å². The minimum atomic E-state index is 0.497. The van der Waals surface area contributed by atoms with Crippen molar-refractivity contribution in [2.24, 2.45) is 17.3 Å². The van der Waals surface area contributed by atoms with E-state index in [1.807, 2.05) is 6.20 Å². The third-order valence-corrected chi connectivity index (χ3v) is 3.53. The molecule has 1 fully saturated rings. The Labute approximate surface area is 74.5 Å². The molecule has 0 bridgehead atoms. The second-order valence-electron chi connectivity index (χ2n) is 4.44. The number of nitrogens with one attached hydrogen (secondary N) is 1. The van der Waals surface area contributed by atoms with Gasteiger partial charge in [-0.25, -0.2) is 0 Å². The summed E-state index contributed by atoms with van der Waals surface area (Å²) < 4.78 is 0. The summed E-state index contributed by atoms with van der Waals surface area (Å²) in [7, 11) is 0. The largest absolute Gasteiger partial charge is 0.368 e. The van der Waals surface area contributed by atoms with Crippen molar-refractivity contribution in [1.29, 1.82) is 0 Å². The highest BCUT2D eigenvalue weighted by atomic mass is 14.8. The SMILES string of the molecule is CC1C=CNC=C1[C@]1(C)CC1C. The number of dihydropyridines is 1. The average molecular weight is 163 g/mol. The molecule has 3 atom stereocenters. The molecule has 0 saturated heterocycles. The predicted molar refractivity (Wildman–Crippen MR) is 51.4 cm³/mol. The lowest BCUT2D eigenvalue weighted by Crippen LogP contribution is -2.16. The van der Waals surface area contributed by atoms with Gasteiger partial charge >= 0.3 is 0 Å². The predicted octanol–water partition coefficient (Wildman–Crippen LogP) is 2.67. The van der Waals surface area contributed by atoms with Crippen molar-refractivity contribution in [3.63, 3.8) is 0 Å². The smallest absolute Gasteiger partial charge is 0.000778 e. The maximum Gasteiger partial charge on any atom is 0.000778 e. The summed E-state index contributed by atoms with van der Waals surface area (Å²) in [6.45, 7) is 6.99. The van der Waals surface area contributed by atoms with E-state index in [1.54, 1.807) is 5.57 Å². The maximum atomic E-state index is 3.19. The topological polar surface area (TPSA) is 12.0 Å². The van der Waals surface area contributed by atoms with E-state index in [0.29, 0.717) is 11.3 Å². The minimum Gasteiger partial charge on any atom is -0.368 e. The molecular weight excluding hydrogens is 146 g/mol. The quantitative estimate of drug-likeness (QED) is 0.626. The molecule has 2 unspecified atom stereocenters. The van der Waals surface area contributed by atoms with Crippen LogP contribution in [0.1, 0.15) is 27.2 Å². The van der Waals surface area contributed by atoms with Gasteiger partial charge in [0.2, 0.25) is 0 Å². The molecular formula is C11H17N.